The van der Waals surface area contributed by atoms with Crippen LogP contribution in [0, 0.1) is 5.92 Å². The van der Waals surface area contributed by atoms with Gasteiger partial charge in [-0.15, -0.1) is 0 Å². The van der Waals surface area contributed by atoms with Crippen LogP contribution in [-0.4, -0.2) is 83.7 Å². The normalized spacial score (nSPS) is 20.1. The van der Waals surface area contributed by atoms with Crippen molar-refractivity contribution in [1.82, 2.24) is 25.1 Å². The Bertz CT molecular complexity index is 1110. The Labute approximate surface area is 225 Å². The minimum Gasteiger partial charge on any atom is -0.497 e. The molecule has 2 fully saturated rings. The number of hydrogen-bond acceptors (Lipinski definition) is 5. The number of rotatable bonds is 9. The van der Waals surface area contributed by atoms with Crippen LogP contribution in [0.15, 0.2) is 54.6 Å². The van der Waals surface area contributed by atoms with Crippen molar-refractivity contribution in [2.75, 3.05) is 33.8 Å². The van der Waals surface area contributed by atoms with Gasteiger partial charge in [0, 0.05) is 20.1 Å². The maximum absolute atomic E-state index is 13.5. The predicted octanol–water partition coefficient (Wildman–Crippen LogP) is 3.11. The summed E-state index contributed by atoms with van der Waals surface area (Å²) in [6, 6.07) is 16.9. The number of hydrazine groups is 1. The zero-order valence-corrected chi connectivity index (χ0v) is 22.8. The number of ether oxygens (including phenoxy) is 1. The molecule has 0 aromatic heterocycles. The first-order valence-corrected chi connectivity index (χ1v) is 13.3. The number of likely N-dealkylation sites (N-methyl/N-ethyl adjacent to an activating group) is 1. The topological polar surface area (TPSA) is 85.4 Å². The van der Waals surface area contributed by atoms with Crippen LogP contribution in [0.5, 0.6) is 5.75 Å². The molecule has 2 aliphatic rings. The van der Waals surface area contributed by atoms with Crippen LogP contribution in [-0.2, 0) is 22.6 Å². The molecule has 0 unspecified atom stereocenters. The molecule has 0 bridgehead atoms. The van der Waals surface area contributed by atoms with Gasteiger partial charge >= 0.3 is 6.03 Å². The van der Waals surface area contributed by atoms with Crippen molar-refractivity contribution in [3.8, 4) is 5.75 Å². The third-order valence-electron chi connectivity index (χ3n) is 7.30. The fourth-order valence-corrected chi connectivity index (χ4v) is 5.34. The molecule has 2 heterocycles. The zero-order chi connectivity index (χ0) is 27.2. The van der Waals surface area contributed by atoms with E-state index in [2.05, 4.69) is 17.4 Å². The van der Waals surface area contributed by atoms with Crippen molar-refractivity contribution in [2.24, 2.45) is 5.92 Å². The number of benzene rings is 2. The van der Waals surface area contributed by atoms with Gasteiger partial charge in [-0.25, -0.2) is 14.8 Å². The van der Waals surface area contributed by atoms with Crippen molar-refractivity contribution < 1.29 is 19.1 Å². The highest BCUT2D eigenvalue weighted by molar-refractivity contribution is 5.91. The summed E-state index contributed by atoms with van der Waals surface area (Å²) in [5.41, 5.74) is 2.22. The Kier molecular flexibility index (Phi) is 8.89. The van der Waals surface area contributed by atoms with E-state index in [1.54, 1.807) is 29.1 Å². The number of nitrogens with zero attached hydrogens (tertiary/aromatic N) is 4. The maximum Gasteiger partial charge on any atom is 0.334 e. The highest BCUT2D eigenvalue weighted by Gasteiger charge is 2.51. The summed E-state index contributed by atoms with van der Waals surface area (Å²) in [6.07, 6.45) is 2.20. The van der Waals surface area contributed by atoms with Crippen LogP contribution in [0.2, 0.25) is 0 Å². The quantitative estimate of drug-likeness (QED) is 0.513. The van der Waals surface area contributed by atoms with Gasteiger partial charge in [0.2, 0.25) is 11.8 Å². The number of aryl methyl sites for hydroxylation is 1. The van der Waals surface area contributed by atoms with Gasteiger partial charge in [-0.1, -0.05) is 56.3 Å². The van der Waals surface area contributed by atoms with Gasteiger partial charge in [0.15, 0.2) is 0 Å². The molecule has 4 rings (SSSR count). The van der Waals surface area contributed by atoms with Crippen LogP contribution < -0.4 is 10.1 Å². The lowest BCUT2D eigenvalue weighted by molar-refractivity contribution is -0.189. The lowest BCUT2D eigenvalue weighted by Crippen LogP contribution is -2.76. The summed E-state index contributed by atoms with van der Waals surface area (Å²) in [7, 11) is 3.36. The van der Waals surface area contributed by atoms with Gasteiger partial charge in [-0.3, -0.25) is 9.59 Å². The molecule has 2 aromatic rings. The summed E-state index contributed by atoms with van der Waals surface area (Å²) in [5, 5.41) is 6.25. The molecule has 9 heteroatoms. The molecular formula is C29H39N5O4. The molecule has 1 N–H and O–H groups in total. The highest BCUT2D eigenvalue weighted by Crippen LogP contribution is 2.29. The standard InChI is InChI=1S/C29H39N5O4/c1-21(2)27-28(36)32(17-9-8-12-22-10-6-5-7-11-22)19-25-33(27)26(35)20-31(3)34(25)29(37)30-18-23-13-15-24(38-4)16-14-23/h5-7,10-11,13-16,21,25,27H,8-9,12,17-20H2,1-4H3,(H,30,37)/t25-,27-/m0/s1. The largest absolute Gasteiger partial charge is 0.497 e. The molecule has 204 valence electrons. The molecule has 0 spiro atoms. The van der Waals surface area contributed by atoms with E-state index < -0.39 is 12.2 Å². The van der Waals surface area contributed by atoms with E-state index in [0.717, 1.165) is 30.6 Å². The Morgan fingerprint density at radius 3 is 2.39 bits per heavy atom. The van der Waals surface area contributed by atoms with E-state index in [0.29, 0.717) is 19.6 Å². The number of amides is 4. The summed E-state index contributed by atoms with van der Waals surface area (Å²) in [5.74, 6) is 0.508. The van der Waals surface area contributed by atoms with Gasteiger partial charge in [-0.05, 0) is 48.4 Å². The van der Waals surface area contributed by atoms with E-state index in [1.165, 1.54) is 5.56 Å². The summed E-state index contributed by atoms with van der Waals surface area (Å²) in [4.78, 5) is 43.7. The van der Waals surface area contributed by atoms with Gasteiger partial charge in [0.05, 0.1) is 20.2 Å². The fourth-order valence-electron chi connectivity index (χ4n) is 5.34. The number of nitrogens with one attached hydrogen (secondary N) is 1. The molecule has 9 nitrogen and oxygen atoms in total. The number of carbonyl (C=O) groups is 3. The second-order valence-electron chi connectivity index (χ2n) is 10.4. The van der Waals surface area contributed by atoms with Crippen LogP contribution in [0.1, 0.15) is 37.8 Å². The van der Waals surface area contributed by atoms with Gasteiger partial charge < -0.3 is 19.9 Å². The monoisotopic (exact) mass is 521 g/mol. The van der Waals surface area contributed by atoms with E-state index >= 15 is 0 Å². The van der Waals surface area contributed by atoms with Crippen LogP contribution in [0.3, 0.4) is 0 Å². The summed E-state index contributed by atoms with van der Waals surface area (Å²) in [6.45, 7) is 5.18. The second kappa shape index (κ2) is 12.3. The minimum absolute atomic E-state index is 0.0348. The third kappa shape index (κ3) is 6.10. The van der Waals surface area contributed by atoms with Gasteiger partial charge in [0.1, 0.15) is 18.0 Å². The lowest BCUT2D eigenvalue weighted by atomic mass is 9.96. The number of fused-ring (bicyclic) bond motifs is 1. The Balaban J connectivity index is 1.46. The first-order valence-electron chi connectivity index (χ1n) is 13.3. The SMILES string of the molecule is COc1ccc(CNC(=O)N2[C@H]3CN(CCCCc4ccccc4)C(=O)[C@H](C(C)C)N3C(=O)CN2C)cc1. The Hall–Kier alpha value is -3.59. The average Bonchev–Trinajstić information content (AvgIpc) is 2.91. The van der Waals surface area contributed by atoms with E-state index in [1.807, 2.05) is 61.2 Å². The van der Waals surface area contributed by atoms with E-state index in [9.17, 15) is 14.4 Å². The fraction of sp³-hybridized carbons (Fsp3) is 0.483. The smallest absolute Gasteiger partial charge is 0.334 e. The molecule has 0 saturated carbocycles. The lowest BCUT2D eigenvalue weighted by Gasteiger charge is -2.55. The number of methoxy groups -OCH3 is 1. The summed E-state index contributed by atoms with van der Waals surface area (Å²) < 4.78 is 5.21. The van der Waals surface area contributed by atoms with Crippen LogP contribution >= 0.6 is 0 Å². The van der Waals surface area contributed by atoms with Gasteiger partial charge in [-0.2, -0.15) is 0 Å². The van der Waals surface area contributed by atoms with Crippen molar-refractivity contribution in [2.45, 2.75) is 51.9 Å². The maximum atomic E-state index is 13.5. The second-order valence-corrected chi connectivity index (χ2v) is 10.4. The molecular weight excluding hydrogens is 482 g/mol. The Morgan fingerprint density at radius 1 is 1.03 bits per heavy atom. The number of carbonyl (C=O) groups excluding carboxylic acids is 3. The van der Waals surface area contributed by atoms with E-state index in [4.69, 9.17) is 4.74 Å². The molecule has 2 aromatic carbocycles. The van der Waals surface area contributed by atoms with Gasteiger partial charge in [0.25, 0.3) is 0 Å². The molecule has 4 amide bonds. The zero-order valence-electron chi connectivity index (χ0n) is 22.8. The highest BCUT2D eigenvalue weighted by atomic mass is 16.5. The van der Waals surface area contributed by atoms with Crippen LogP contribution in [0.25, 0.3) is 0 Å². The first kappa shape index (κ1) is 27.4. The number of hydrogen-bond donors (Lipinski definition) is 1. The third-order valence-corrected chi connectivity index (χ3v) is 7.30. The van der Waals surface area contributed by atoms with Crippen molar-refractivity contribution in [3.05, 3.63) is 65.7 Å². The molecule has 2 atom stereocenters. The van der Waals surface area contributed by atoms with Crippen LogP contribution in [0.4, 0.5) is 4.79 Å². The summed E-state index contributed by atoms with van der Waals surface area (Å²) >= 11 is 0. The number of urea groups is 1. The number of piperazine rings is 1. The minimum atomic E-state index is -0.596. The van der Waals surface area contributed by atoms with Crippen molar-refractivity contribution in [1.29, 1.82) is 0 Å². The van der Waals surface area contributed by atoms with Crippen molar-refractivity contribution >= 4 is 17.8 Å². The Morgan fingerprint density at radius 2 is 1.74 bits per heavy atom. The first-order chi connectivity index (χ1) is 18.3. The van der Waals surface area contributed by atoms with Crippen molar-refractivity contribution in [3.63, 3.8) is 0 Å². The molecule has 2 aliphatic heterocycles. The van der Waals surface area contributed by atoms with E-state index in [-0.39, 0.29) is 30.3 Å². The molecule has 38 heavy (non-hydrogen) atoms. The molecule has 2 saturated heterocycles. The average molecular weight is 522 g/mol. The number of unbranched alkanes of at least 4 members (excludes halogenated alkanes) is 1. The molecule has 0 aliphatic carbocycles. The predicted molar refractivity (Wildman–Crippen MR) is 145 cm³/mol. The molecule has 0 radical (unpaired) electrons.